The fourth-order valence-electron chi connectivity index (χ4n) is 2.08. The van der Waals surface area contributed by atoms with Crippen LogP contribution in [0.25, 0.3) is 0 Å². The Labute approximate surface area is 134 Å². The number of ether oxygens (including phenoxy) is 2. The minimum absolute atomic E-state index is 0.369. The van der Waals surface area contributed by atoms with Gasteiger partial charge >= 0.3 is 0 Å². The third kappa shape index (κ3) is 3.40. The van der Waals surface area contributed by atoms with Crippen molar-refractivity contribution < 1.29 is 14.3 Å². The van der Waals surface area contributed by atoms with Crippen LogP contribution in [0.1, 0.15) is 18.1 Å². The van der Waals surface area contributed by atoms with Crippen molar-refractivity contribution in [2.75, 3.05) is 7.11 Å². The normalized spacial score (nSPS) is 13.4. The molecule has 2 aromatic carbocycles. The summed E-state index contributed by atoms with van der Waals surface area (Å²) < 4.78 is 11.1. The smallest absolute Gasteiger partial charge is 0.254 e. The minimum Gasteiger partial charge on any atom is -0.488 e. The standard InChI is InChI=1S/C17H18ClNO3/c1-17(21-2,16(19)20)14-10-13(18)8-9-15(14)22-11-12-6-4-3-5-7-12/h3-10H,11H2,1-2H3,(H2,19,20). The molecule has 1 atom stereocenters. The van der Waals surface area contributed by atoms with Gasteiger partial charge in [-0.15, -0.1) is 0 Å². The molecule has 2 N–H and O–H groups in total. The molecule has 22 heavy (non-hydrogen) atoms. The van der Waals surface area contributed by atoms with Crippen LogP contribution in [0.5, 0.6) is 5.75 Å². The molecule has 0 spiro atoms. The number of nitrogens with two attached hydrogens (primary N) is 1. The highest BCUT2D eigenvalue weighted by molar-refractivity contribution is 6.30. The van der Waals surface area contributed by atoms with Crippen molar-refractivity contribution in [1.82, 2.24) is 0 Å². The van der Waals surface area contributed by atoms with Crippen molar-refractivity contribution in [3.05, 3.63) is 64.7 Å². The summed E-state index contributed by atoms with van der Waals surface area (Å²) >= 11 is 6.04. The summed E-state index contributed by atoms with van der Waals surface area (Å²) in [6.07, 6.45) is 0. The van der Waals surface area contributed by atoms with Crippen LogP contribution >= 0.6 is 11.6 Å². The molecule has 1 unspecified atom stereocenters. The quantitative estimate of drug-likeness (QED) is 0.889. The summed E-state index contributed by atoms with van der Waals surface area (Å²) in [5.41, 5.74) is 5.69. The van der Waals surface area contributed by atoms with Crippen molar-refractivity contribution >= 4 is 17.5 Å². The van der Waals surface area contributed by atoms with Crippen LogP contribution in [0.15, 0.2) is 48.5 Å². The Morgan fingerprint density at radius 1 is 1.23 bits per heavy atom. The lowest BCUT2D eigenvalue weighted by atomic mass is 9.94. The van der Waals surface area contributed by atoms with Crippen LogP contribution in [-0.4, -0.2) is 13.0 Å². The highest BCUT2D eigenvalue weighted by Gasteiger charge is 2.36. The maximum Gasteiger partial charge on any atom is 0.254 e. The topological polar surface area (TPSA) is 61.5 Å². The van der Waals surface area contributed by atoms with Crippen LogP contribution in [0.4, 0.5) is 0 Å². The second kappa shape index (κ2) is 6.81. The van der Waals surface area contributed by atoms with Crippen LogP contribution in [-0.2, 0) is 21.7 Å². The number of methoxy groups -OCH3 is 1. The summed E-state index contributed by atoms with van der Waals surface area (Å²) in [4.78, 5) is 11.8. The molecule has 5 heteroatoms. The highest BCUT2D eigenvalue weighted by Crippen LogP contribution is 2.35. The van der Waals surface area contributed by atoms with E-state index in [-0.39, 0.29) is 0 Å². The minimum atomic E-state index is -1.31. The zero-order valence-corrected chi connectivity index (χ0v) is 13.3. The molecule has 0 fully saturated rings. The van der Waals surface area contributed by atoms with Gasteiger partial charge in [0.15, 0.2) is 5.60 Å². The average Bonchev–Trinajstić information content (AvgIpc) is 2.53. The van der Waals surface area contributed by atoms with E-state index >= 15 is 0 Å². The predicted molar refractivity (Wildman–Crippen MR) is 85.8 cm³/mol. The maximum atomic E-state index is 11.8. The third-order valence-corrected chi connectivity index (χ3v) is 3.81. The molecule has 4 nitrogen and oxygen atoms in total. The molecule has 116 valence electrons. The second-order valence-electron chi connectivity index (χ2n) is 5.02. The Kier molecular flexibility index (Phi) is 5.06. The van der Waals surface area contributed by atoms with Gasteiger partial charge in [-0.3, -0.25) is 4.79 Å². The summed E-state index contributed by atoms with van der Waals surface area (Å²) in [6.45, 7) is 1.96. The maximum absolute atomic E-state index is 11.8. The summed E-state index contributed by atoms with van der Waals surface area (Å²) in [5, 5.41) is 0.478. The van der Waals surface area contributed by atoms with Crippen LogP contribution in [0.3, 0.4) is 0 Å². The molecule has 0 aromatic heterocycles. The number of hydrogen-bond acceptors (Lipinski definition) is 3. The van der Waals surface area contributed by atoms with E-state index in [1.807, 2.05) is 30.3 Å². The van der Waals surface area contributed by atoms with Gasteiger partial charge in [0.05, 0.1) is 0 Å². The van der Waals surface area contributed by atoms with Crippen LogP contribution in [0.2, 0.25) is 5.02 Å². The number of hydrogen-bond donors (Lipinski definition) is 1. The van der Waals surface area contributed by atoms with E-state index in [4.69, 9.17) is 26.8 Å². The molecule has 0 heterocycles. The Bertz CT molecular complexity index is 660. The molecule has 0 aliphatic carbocycles. The van der Waals surface area contributed by atoms with E-state index in [0.717, 1.165) is 5.56 Å². The van der Waals surface area contributed by atoms with Crippen LogP contribution in [0, 0.1) is 0 Å². The van der Waals surface area contributed by atoms with Gasteiger partial charge in [0.2, 0.25) is 0 Å². The molecule has 0 radical (unpaired) electrons. The van der Waals surface area contributed by atoms with Gasteiger partial charge in [-0.2, -0.15) is 0 Å². The Morgan fingerprint density at radius 2 is 1.91 bits per heavy atom. The van der Waals surface area contributed by atoms with Gasteiger partial charge in [-0.25, -0.2) is 0 Å². The molecule has 0 aliphatic rings. The zero-order valence-electron chi connectivity index (χ0n) is 12.5. The number of carbonyl (C=O) groups is 1. The number of benzene rings is 2. The van der Waals surface area contributed by atoms with Crippen molar-refractivity contribution in [3.8, 4) is 5.75 Å². The Balaban J connectivity index is 2.34. The summed E-state index contributed by atoms with van der Waals surface area (Å²) in [6, 6.07) is 14.8. The molecular formula is C17H18ClNO3. The Morgan fingerprint density at radius 3 is 2.50 bits per heavy atom. The van der Waals surface area contributed by atoms with E-state index in [9.17, 15) is 4.79 Å². The van der Waals surface area contributed by atoms with Crippen LogP contribution < -0.4 is 10.5 Å². The first-order chi connectivity index (χ1) is 10.5. The molecule has 0 saturated heterocycles. The van der Waals surface area contributed by atoms with Gasteiger partial charge in [0, 0.05) is 17.7 Å². The average molecular weight is 320 g/mol. The lowest BCUT2D eigenvalue weighted by Crippen LogP contribution is -2.40. The fraction of sp³-hybridized carbons (Fsp3) is 0.235. The van der Waals surface area contributed by atoms with Crippen molar-refractivity contribution in [1.29, 1.82) is 0 Å². The van der Waals surface area contributed by atoms with Gasteiger partial charge in [0.25, 0.3) is 5.91 Å². The molecule has 2 aromatic rings. The van der Waals surface area contributed by atoms with Gasteiger partial charge < -0.3 is 15.2 Å². The first-order valence-corrected chi connectivity index (χ1v) is 7.17. The SMILES string of the molecule is COC(C)(C(N)=O)c1cc(Cl)ccc1OCc1ccccc1. The van der Waals surface area contributed by atoms with E-state index in [1.54, 1.807) is 25.1 Å². The molecule has 0 aliphatic heterocycles. The largest absolute Gasteiger partial charge is 0.488 e. The lowest BCUT2D eigenvalue weighted by molar-refractivity contribution is -0.139. The number of primary amides is 1. The van der Waals surface area contributed by atoms with Gasteiger partial charge in [-0.1, -0.05) is 41.9 Å². The first-order valence-electron chi connectivity index (χ1n) is 6.79. The van der Waals surface area contributed by atoms with E-state index < -0.39 is 11.5 Å². The van der Waals surface area contributed by atoms with Gasteiger partial charge in [0.1, 0.15) is 12.4 Å². The van der Waals surface area contributed by atoms with Crippen molar-refractivity contribution in [3.63, 3.8) is 0 Å². The highest BCUT2D eigenvalue weighted by atomic mass is 35.5. The Hall–Kier alpha value is -2.04. The van der Waals surface area contributed by atoms with E-state index in [2.05, 4.69) is 0 Å². The number of carbonyl (C=O) groups excluding carboxylic acids is 1. The molecule has 0 bridgehead atoms. The molecule has 2 rings (SSSR count). The first kappa shape index (κ1) is 16.3. The summed E-state index contributed by atoms with van der Waals surface area (Å²) in [7, 11) is 1.42. The molecule has 0 saturated carbocycles. The van der Waals surface area contributed by atoms with E-state index in [0.29, 0.717) is 22.9 Å². The molecular weight excluding hydrogens is 302 g/mol. The number of rotatable bonds is 6. The zero-order chi connectivity index (χ0) is 16.2. The lowest BCUT2D eigenvalue weighted by Gasteiger charge is -2.27. The number of amides is 1. The summed E-state index contributed by atoms with van der Waals surface area (Å²) in [5.74, 6) is -0.0989. The third-order valence-electron chi connectivity index (χ3n) is 3.57. The fourth-order valence-corrected chi connectivity index (χ4v) is 2.25. The predicted octanol–water partition coefficient (Wildman–Crippen LogP) is 3.27. The van der Waals surface area contributed by atoms with Crippen molar-refractivity contribution in [2.24, 2.45) is 5.73 Å². The van der Waals surface area contributed by atoms with Crippen molar-refractivity contribution in [2.45, 2.75) is 19.1 Å². The van der Waals surface area contributed by atoms with E-state index in [1.165, 1.54) is 7.11 Å². The van der Waals surface area contributed by atoms with Gasteiger partial charge in [-0.05, 0) is 30.7 Å². The second-order valence-corrected chi connectivity index (χ2v) is 5.45. The monoisotopic (exact) mass is 319 g/mol. The number of halogens is 1. The molecule has 1 amide bonds.